The van der Waals surface area contributed by atoms with Crippen molar-refractivity contribution >= 4 is 11.7 Å². The largest absolute Gasteiger partial charge is 0.507 e. The number of phenolic OH excluding ortho intramolecular Hbond substituents is 1. The molecule has 0 aromatic heterocycles. The molecule has 0 aliphatic rings. The third-order valence-corrected chi connectivity index (χ3v) is 3.08. The number of Topliss-reactive ketones (excluding diaryl/α,β-unsaturated/α-hetero) is 1. The Hall–Kier alpha value is -2.00. The Morgan fingerprint density at radius 3 is 2.23 bits per heavy atom. The van der Waals surface area contributed by atoms with E-state index in [2.05, 4.69) is 5.32 Å². The molecule has 0 heterocycles. The fraction of sp³-hybridized carbons (Fsp3) is 0.429. The second-order valence-corrected chi connectivity index (χ2v) is 4.79. The lowest BCUT2D eigenvalue weighted by Crippen LogP contribution is -2.55. The van der Waals surface area contributed by atoms with Crippen LogP contribution in [0, 0.1) is 0 Å². The molecule has 0 spiro atoms. The van der Waals surface area contributed by atoms with Gasteiger partial charge in [0.05, 0.1) is 12.2 Å². The minimum absolute atomic E-state index is 0.161. The van der Waals surface area contributed by atoms with Crippen LogP contribution in [-0.4, -0.2) is 68.2 Å². The van der Waals surface area contributed by atoms with Gasteiger partial charge in [-0.05, 0) is 12.1 Å². The number of ketones is 1. The van der Waals surface area contributed by atoms with Crippen molar-refractivity contribution < 1.29 is 35.1 Å². The van der Waals surface area contributed by atoms with Gasteiger partial charge in [-0.1, -0.05) is 12.1 Å². The number of phenols is 1. The molecule has 0 aliphatic heterocycles. The van der Waals surface area contributed by atoms with E-state index in [1.54, 1.807) is 0 Å². The van der Waals surface area contributed by atoms with Gasteiger partial charge in [0.25, 0.3) is 0 Å². The van der Waals surface area contributed by atoms with Crippen molar-refractivity contribution in [1.29, 1.82) is 0 Å². The highest BCUT2D eigenvalue weighted by molar-refractivity contribution is 6.04. The topological polar surface area (TPSA) is 147 Å². The van der Waals surface area contributed by atoms with E-state index in [4.69, 9.17) is 5.11 Å². The first-order chi connectivity index (χ1) is 10.3. The van der Waals surface area contributed by atoms with Gasteiger partial charge in [-0.25, -0.2) is 0 Å². The van der Waals surface area contributed by atoms with Gasteiger partial charge in [0.2, 0.25) is 5.91 Å². The van der Waals surface area contributed by atoms with E-state index in [-0.39, 0.29) is 11.3 Å². The zero-order valence-electron chi connectivity index (χ0n) is 11.9. The lowest BCUT2D eigenvalue weighted by molar-refractivity contribution is -0.122. The van der Waals surface area contributed by atoms with Gasteiger partial charge in [-0.15, -0.1) is 0 Å². The van der Waals surface area contributed by atoms with E-state index in [0.717, 1.165) is 6.92 Å². The summed E-state index contributed by atoms with van der Waals surface area (Å²) >= 11 is 0. The smallest absolute Gasteiger partial charge is 0.217 e. The Bertz CT molecular complexity index is 534. The average Bonchev–Trinajstić information content (AvgIpc) is 2.50. The minimum Gasteiger partial charge on any atom is -0.507 e. The summed E-state index contributed by atoms with van der Waals surface area (Å²) in [4.78, 5) is 23.6. The van der Waals surface area contributed by atoms with Crippen molar-refractivity contribution in [3.8, 4) is 5.75 Å². The summed E-state index contributed by atoms with van der Waals surface area (Å²) in [7, 11) is 0. The first-order valence-electron chi connectivity index (χ1n) is 6.54. The van der Waals surface area contributed by atoms with Gasteiger partial charge in [-0.2, -0.15) is 0 Å². The highest BCUT2D eigenvalue weighted by atomic mass is 16.4. The van der Waals surface area contributed by atoms with Gasteiger partial charge < -0.3 is 30.8 Å². The fourth-order valence-electron chi connectivity index (χ4n) is 1.91. The van der Waals surface area contributed by atoms with Gasteiger partial charge in [-0.3, -0.25) is 9.59 Å². The van der Waals surface area contributed by atoms with Crippen LogP contribution in [0.1, 0.15) is 17.3 Å². The molecule has 0 bridgehead atoms. The van der Waals surface area contributed by atoms with Crippen molar-refractivity contribution in [2.24, 2.45) is 0 Å². The summed E-state index contributed by atoms with van der Waals surface area (Å²) < 4.78 is 0. The zero-order valence-corrected chi connectivity index (χ0v) is 11.9. The second kappa shape index (κ2) is 7.85. The van der Waals surface area contributed by atoms with Crippen molar-refractivity contribution in [1.82, 2.24) is 5.32 Å². The lowest BCUT2D eigenvalue weighted by atomic mass is 9.93. The Balaban J connectivity index is 3.10. The van der Waals surface area contributed by atoms with Gasteiger partial charge in [0.15, 0.2) is 5.78 Å². The maximum atomic E-state index is 12.4. The van der Waals surface area contributed by atoms with Crippen LogP contribution in [0.3, 0.4) is 0 Å². The molecule has 4 atom stereocenters. The maximum Gasteiger partial charge on any atom is 0.217 e. The molecular weight excluding hydrogens is 294 g/mol. The predicted molar refractivity (Wildman–Crippen MR) is 75.1 cm³/mol. The predicted octanol–water partition coefficient (Wildman–Crippen LogP) is -1.85. The summed E-state index contributed by atoms with van der Waals surface area (Å²) in [6.07, 6.45) is -5.43. The summed E-state index contributed by atoms with van der Waals surface area (Å²) in [5.41, 5.74) is -0.161. The molecule has 1 rings (SSSR count). The molecule has 8 nitrogen and oxygen atoms in total. The van der Waals surface area contributed by atoms with Crippen molar-refractivity contribution in [2.75, 3.05) is 6.61 Å². The molecule has 22 heavy (non-hydrogen) atoms. The Labute approximate surface area is 126 Å². The van der Waals surface area contributed by atoms with E-state index in [9.17, 15) is 30.0 Å². The number of amides is 1. The number of benzene rings is 1. The minimum atomic E-state index is -1.88. The van der Waals surface area contributed by atoms with E-state index in [1.165, 1.54) is 24.3 Å². The quantitative estimate of drug-likeness (QED) is 0.324. The van der Waals surface area contributed by atoms with E-state index in [0.29, 0.717) is 0 Å². The molecule has 0 aliphatic carbocycles. The third kappa shape index (κ3) is 4.25. The number of carbonyl (C=O) groups excluding carboxylic acids is 2. The number of rotatable bonds is 7. The summed E-state index contributed by atoms with van der Waals surface area (Å²) in [6.45, 7) is 0.266. The Morgan fingerprint density at radius 2 is 1.73 bits per heavy atom. The molecule has 0 saturated heterocycles. The first-order valence-corrected chi connectivity index (χ1v) is 6.54. The number of carbonyl (C=O) groups is 2. The molecule has 8 heteroatoms. The standard InChI is InChI=1S/C14H19NO7/c1-7(17)15-11(14(22)13(21)10(19)6-16)12(20)8-4-2-3-5-9(8)18/h2-5,10-11,13-14,16,18-19,21-22H,6H2,1H3,(H,15,17)/t10-,11+,13-,14-/m1/s1. The normalized spacial score (nSPS) is 16.4. The van der Waals surface area contributed by atoms with Crippen LogP contribution >= 0.6 is 0 Å². The highest BCUT2D eigenvalue weighted by Crippen LogP contribution is 2.20. The second-order valence-electron chi connectivity index (χ2n) is 4.79. The number of para-hydroxylation sites is 1. The molecule has 1 amide bonds. The number of hydrogen-bond donors (Lipinski definition) is 6. The molecule has 122 valence electrons. The van der Waals surface area contributed by atoms with Gasteiger partial charge in [0, 0.05) is 6.92 Å². The molecule has 0 unspecified atom stereocenters. The zero-order chi connectivity index (χ0) is 16.9. The molecule has 0 radical (unpaired) electrons. The average molecular weight is 313 g/mol. The summed E-state index contributed by atoms with van der Waals surface area (Å²) in [5, 5.41) is 49.7. The van der Waals surface area contributed by atoms with Crippen LogP contribution in [0.25, 0.3) is 0 Å². The van der Waals surface area contributed by atoms with Crippen LogP contribution in [0.5, 0.6) is 5.75 Å². The van der Waals surface area contributed by atoms with E-state index in [1.807, 2.05) is 0 Å². The first kappa shape index (κ1) is 18.1. The molecule has 0 saturated carbocycles. The van der Waals surface area contributed by atoms with Crippen LogP contribution in [-0.2, 0) is 4.79 Å². The van der Waals surface area contributed by atoms with Crippen molar-refractivity contribution in [3.63, 3.8) is 0 Å². The fourth-order valence-corrected chi connectivity index (χ4v) is 1.91. The highest BCUT2D eigenvalue weighted by Gasteiger charge is 2.37. The lowest BCUT2D eigenvalue weighted by Gasteiger charge is -2.28. The molecule has 6 N–H and O–H groups in total. The molecule has 1 aromatic rings. The third-order valence-electron chi connectivity index (χ3n) is 3.08. The Morgan fingerprint density at radius 1 is 1.14 bits per heavy atom. The molecule has 1 aromatic carbocycles. The number of hydrogen-bond acceptors (Lipinski definition) is 7. The molecule has 0 fully saturated rings. The summed E-state index contributed by atoms with van der Waals surface area (Å²) in [6, 6.07) is 3.91. The molecular formula is C14H19NO7. The van der Waals surface area contributed by atoms with Crippen LogP contribution in [0.4, 0.5) is 0 Å². The van der Waals surface area contributed by atoms with Crippen molar-refractivity contribution in [2.45, 2.75) is 31.3 Å². The number of aromatic hydroxyl groups is 1. The van der Waals surface area contributed by atoms with Crippen LogP contribution in [0.2, 0.25) is 0 Å². The monoisotopic (exact) mass is 313 g/mol. The number of aliphatic hydroxyl groups excluding tert-OH is 4. The van der Waals surface area contributed by atoms with Crippen LogP contribution < -0.4 is 5.32 Å². The number of aliphatic hydroxyl groups is 4. The SMILES string of the molecule is CC(=O)N[C@@H](C(=O)c1ccccc1O)[C@@H](O)[C@H](O)[C@H](O)CO. The van der Waals surface area contributed by atoms with Crippen LogP contribution in [0.15, 0.2) is 24.3 Å². The van der Waals surface area contributed by atoms with Gasteiger partial charge >= 0.3 is 0 Å². The Kier molecular flexibility index (Phi) is 6.44. The van der Waals surface area contributed by atoms with E-state index >= 15 is 0 Å². The number of nitrogens with one attached hydrogen (secondary N) is 1. The van der Waals surface area contributed by atoms with E-state index < -0.39 is 42.7 Å². The summed E-state index contributed by atoms with van der Waals surface area (Å²) in [5.74, 6) is -1.85. The maximum absolute atomic E-state index is 12.4. The van der Waals surface area contributed by atoms with Gasteiger partial charge in [0.1, 0.15) is 30.1 Å². The van der Waals surface area contributed by atoms with Crippen molar-refractivity contribution in [3.05, 3.63) is 29.8 Å².